The van der Waals surface area contributed by atoms with Gasteiger partial charge in [0.25, 0.3) is 0 Å². The van der Waals surface area contributed by atoms with E-state index in [1.54, 1.807) is 0 Å². The van der Waals surface area contributed by atoms with Crippen molar-refractivity contribution >= 4 is 19.4 Å². The van der Waals surface area contributed by atoms with Crippen molar-refractivity contribution in [3.8, 4) is 0 Å². The van der Waals surface area contributed by atoms with Gasteiger partial charge in [-0.25, -0.2) is 0 Å². The Morgan fingerprint density at radius 3 is 2.05 bits per heavy atom. The average Bonchev–Trinajstić information content (AvgIpc) is 2.24. The smallest absolute Gasteiger partial charge is 0.810 e. The summed E-state index contributed by atoms with van der Waals surface area (Å²) in [5.74, 6) is 0. The van der Waals surface area contributed by atoms with Crippen molar-refractivity contribution in [3.63, 3.8) is 0 Å². The molecule has 1 rings (SSSR count). The second-order valence-electron chi connectivity index (χ2n) is 3.60. The van der Waals surface area contributed by atoms with Crippen LogP contribution in [0.4, 0.5) is 0 Å². The summed E-state index contributed by atoms with van der Waals surface area (Å²) < 4.78 is 15.4. The van der Waals surface area contributed by atoms with Gasteiger partial charge in [-0.3, -0.25) is 0 Å². The van der Waals surface area contributed by atoms with Gasteiger partial charge in [0.05, 0.1) is 6.61 Å². The number of aliphatic hydroxyl groups excluding tert-OH is 4. The van der Waals surface area contributed by atoms with Crippen LogP contribution in [-0.2, 0) is 9.30 Å². The van der Waals surface area contributed by atoms with E-state index in [-0.39, 0.29) is 59.1 Å². The first-order valence-corrected chi connectivity index (χ1v) is 7.47. The molecule has 1 fully saturated rings. The van der Waals surface area contributed by atoms with Crippen molar-refractivity contribution in [2.75, 3.05) is 12.1 Å². The van der Waals surface area contributed by atoms with E-state index < -0.39 is 49.5 Å². The molecule has 102 valence electrons. The summed E-state index contributed by atoms with van der Waals surface area (Å²) in [6.07, 6.45) is -5.72. The summed E-state index contributed by atoms with van der Waals surface area (Å²) in [6.45, 7) is -0.603. The first kappa shape index (κ1) is 23.6. The molecular formula is C7H13Na2O8PS. The van der Waals surface area contributed by atoms with Crippen LogP contribution >= 0.6 is 19.4 Å². The third-order valence-corrected chi connectivity index (χ3v) is 4.83. The minimum Gasteiger partial charge on any atom is -0.810 e. The van der Waals surface area contributed by atoms with E-state index in [0.29, 0.717) is 11.8 Å². The molecule has 1 aliphatic heterocycles. The van der Waals surface area contributed by atoms with Gasteiger partial charge in [0, 0.05) is 5.49 Å². The summed E-state index contributed by atoms with van der Waals surface area (Å²) in [7, 11) is -4.76. The molecule has 12 heteroatoms. The Labute approximate surface area is 158 Å². The summed E-state index contributed by atoms with van der Waals surface area (Å²) in [4.78, 5) is 20.9. The van der Waals surface area contributed by atoms with Crippen LogP contribution in [0.25, 0.3) is 0 Å². The SMILES string of the molecule is O=P([O-])([O-])CS[C@@H]1O[C@H](CO)[C@@H](O)[C@H](O)[C@H]1O.[Na+].[Na+]. The minimum atomic E-state index is -4.76. The van der Waals surface area contributed by atoms with Crippen molar-refractivity contribution in [2.24, 2.45) is 0 Å². The fourth-order valence-electron chi connectivity index (χ4n) is 1.37. The Hall–Kier alpha value is 2.30. The zero-order valence-electron chi connectivity index (χ0n) is 10.6. The normalized spacial score (nSPS) is 35.2. The fraction of sp³-hybridized carbons (Fsp3) is 1.00. The van der Waals surface area contributed by atoms with Gasteiger partial charge in [-0.1, -0.05) is 7.60 Å². The summed E-state index contributed by atoms with van der Waals surface area (Å²) in [5.41, 5.74) is -2.00. The molecule has 1 aliphatic rings. The van der Waals surface area contributed by atoms with Gasteiger partial charge >= 0.3 is 59.1 Å². The van der Waals surface area contributed by atoms with Crippen molar-refractivity contribution in [1.29, 1.82) is 0 Å². The van der Waals surface area contributed by atoms with Crippen LogP contribution < -0.4 is 68.9 Å². The molecule has 0 aromatic carbocycles. The van der Waals surface area contributed by atoms with E-state index in [1.807, 2.05) is 0 Å². The van der Waals surface area contributed by atoms with Crippen LogP contribution in [0.3, 0.4) is 0 Å². The van der Waals surface area contributed by atoms with Gasteiger partial charge < -0.3 is 39.5 Å². The van der Waals surface area contributed by atoms with Crippen LogP contribution in [0.5, 0.6) is 0 Å². The Balaban J connectivity index is 0. The molecule has 0 radical (unpaired) electrons. The largest absolute Gasteiger partial charge is 1.00 e. The molecular weight excluding hydrogens is 321 g/mol. The molecule has 0 aliphatic carbocycles. The van der Waals surface area contributed by atoms with Gasteiger partial charge in [0.2, 0.25) is 0 Å². The van der Waals surface area contributed by atoms with Gasteiger partial charge in [0.15, 0.2) is 0 Å². The minimum absolute atomic E-state index is 0. The fourth-order valence-corrected chi connectivity index (χ4v) is 3.27. The van der Waals surface area contributed by atoms with Crippen LogP contribution in [0.1, 0.15) is 0 Å². The monoisotopic (exact) mass is 334 g/mol. The third kappa shape index (κ3) is 7.40. The number of thioether (sulfide) groups is 1. The molecule has 5 atom stereocenters. The topological polar surface area (TPSA) is 153 Å². The zero-order valence-corrected chi connectivity index (χ0v) is 16.3. The predicted octanol–water partition coefficient (Wildman–Crippen LogP) is -9.60. The van der Waals surface area contributed by atoms with Gasteiger partial charge in [-0.05, 0) is 0 Å². The van der Waals surface area contributed by atoms with E-state index >= 15 is 0 Å². The quantitative estimate of drug-likeness (QED) is 0.290. The summed E-state index contributed by atoms with van der Waals surface area (Å²) in [5, 5.41) is 37.1. The molecule has 8 nitrogen and oxygen atoms in total. The molecule has 0 amide bonds. The van der Waals surface area contributed by atoms with Crippen molar-refractivity contribution in [1.82, 2.24) is 0 Å². The molecule has 19 heavy (non-hydrogen) atoms. The molecule has 0 spiro atoms. The predicted molar refractivity (Wildman–Crippen MR) is 53.8 cm³/mol. The molecule has 0 unspecified atom stereocenters. The second-order valence-corrected chi connectivity index (χ2v) is 6.66. The van der Waals surface area contributed by atoms with Crippen molar-refractivity contribution in [3.05, 3.63) is 0 Å². The van der Waals surface area contributed by atoms with E-state index in [9.17, 15) is 29.7 Å². The first-order valence-electron chi connectivity index (χ1n) is 4.69. The number of hydrogen-bond acceptors (Lipinski definition) is 9. The Morgan fingerprint density at radius 2 is 1.63 bits per heavy atom. The van der Waals surface area contributed by atoms with Crippen molar-refractivity contribution in [2.45, 2.75) is 29.9 Å². The first-order chi connectivity index (χ1) is 7.76. The van der Waals surface area contributed by atoms with E-state index in [4.69, 9.17) is 9.84 Å². The molecule has 0 aromatic heterocycles. The number of rotatable bonds is 4. The Kier molecular flexibility index (Phi) is 12.6. The maximum Gasteiger partial charge on any atom is 1.00 e. The number of aliphatic hydroxyl groups is 4. The second kappa shape index (κ2) is 10.1. The summed E-state index contributed by atoms with van der Waals surface area (Å²) in [6, 6.07) is 0. The van der Waals surface area contributed by atoms with E-state index in [2.05, 4.69) is 0 Å². The number of hydrogen-bond donors (Lipinski definition) is 4. The third-order valence-electron chi connectivity index (χ3n) is 2.25. The average molecular weight is 334 g/mol. The molecule has 4 N–H and O–H groups in total. The van der Waals surface area contributed by atoms with Crippen LogP contribution in [0.15, 0.2) is 0 Å². The standard InChI is InChI=1S/C7H15O8PS.2Na/c8-1-3-4(9)5(10)6(11)7(15-3)17-2-16(12,13)14;;/h3-11H,1-2H2,(H2,12,13,14);;/q;2*+1/p-2/t3-,4-,5+,6-,7+;;/m1../s1. The maximum atomic E-state index is 10.4. The van der Waals surface area contributed by atoms with Gasteiger partial charge in [0.1, 0.15) is 29.9 Å². The van der Waals surface area contributed by atoms with Crippen LogP contribution in [0, 0.1) is 0 Å². The van der Waals surface area contributed by atoms with E-state index in [0.717, 1.165) is 0 Å². The Morgan fingerprint density at radius 1 is 1.11 bits per heavy atom. The molecule has 0 saturated carbocycles. The molecule has 1 saturated heterocycles. The number of ether oxygens (including phenoxy) is 1. The maximum absolute atomic E-state index is 10.4. The van der Waals surface area contributed by atoms with Crippen LogP contribution in [0.2, 0.25) is 0 Å². The Bertz CT molecular complexity index is 303. The zero-order chi connectivity index (χ0) is 13.2. The van der Waals surface area contributed by atoms with Crippen LogP contribution in [-0.4, -0.2) is 62.4 Å². The van der Waals surface area contributed by atoms with E-state index in [1.165, 1.54) is 0 Å². The molecule has 0 bridgehead atoms. The van der Waals surface area contributed by atoms with Gasteiger partial charge in [-0.2, -0.15) is 0 Å². The molecule has 1 heterocycles. The van der Waals surface area contributed by atoms with Gasteiger partial charge in [-0.15, -0.1) is 11.8 Å². The van der Waals surface area contributed by atoms with Crippen molar-refractivity contribution < 1.29 is 98.6 Å². The summed E-state index contributed by atoms with van der Waals surface area (Å²) >= 11 is 0.495. The molecule has 0 aromatic rings.